The van der Waals surface area contributed by atoms with E-state index in [1.54, 1.807) is 11.0 Å². The Labute approximate surface area is 155 Å². The van der Waals surface area contributed by atoms with Crippen LogP contribution in [0.25, 0.3) is 0 Å². The van der Waals surface area contributed by atoms with E-state index in [0.717, 1.165) is 0 Å². The predicted octanol–water partition coefficient (Wildman–Crippen LogP) is 3.13. The minimum absolute atomic E-state index is 0.0134. The molecule has 136 valence electrons. The molecule has 1 aromatic rings. The van der Waals surface area contributed by atoms with Gasteiger partial charge in [-0.2, -0.15) is 4.99 Å². The molecule has 5 nitrogen and oxygen atoms in total. The van der Waals surface area contributed by atoms with Crippen LogP contribution in [0.3, 0.4) is 0 Å². The molecule has 0 spiro atoms. The van der Waals surface area contributed by atoms with Crippen molar-refractivity contribution >= 4 is 50.0 Å². The lowest BCUT2D eigenvalue weighted by Crippen LogP contribution is -2.37. The minimum atomic E-state index is -3.16. The summed E-state index contributed by atoms with van der Waals surface area (Å²) in [7, 11) is -3.16. The number of thioether (sulfide) groups is 1. The summed E-state index contributed by atoms with van der Waals surface area (Å²) < 4.78 is 37.8. The van der Waals surface area contributed by atoms with Gasteiger partial charge in [-0.3, -0.25) is 4.79 Å². The van der Waals surface area contributed by atoms with Crippen molar-refractivity contribution in [3.63, 3.8) is 0 Å². The summed E-state index contributed by atoms with van der Waals surface area (Å²) >= 11 is 7.02. The lowest BCUT2D eigenvalue weighted by molar-refractivity contribution is -0.118. The van der Waals surface area contributed by atoms with Crippen molar-refractivity contribution in [2.24, 2.45) is 10.9 Å². The van der Waals surface area contributed by atoms with Crippen molar-refractivity contribution in [3.05, 3.63) is 29.0 Å². The number of amidine groups is 1. The predicted molar refractivity (Wildman–Crippen MR) is 99.6 cm³/mol. The van der Waals surface area contributed by atoms with Crippen molar-refractivity contribution in [1.82, 2.24) is 0 Å². The van der Waals surface area contributed by atoms with Crippen molar-refractivity contribution in [2.75, 3.05) is 16.4 Å². The molecule has 0 aliphatic carbocycles. The van der Waals surface area contributed by atoms with Crippen molar-refractivity contribution in [1.29, 1.82) is 0 Å². The molecule has 1 aromatic carbocycles. The van der Waals surface area contributed by atoms with Gasteiger partial charge in [0.1, 0.15) is 5.82 Å². The highest BCUT2D eigenvalue weighted by atomic mass is 35.5. The number of aliphatic imine (C=N–C) groups is 1. The van der Waals surface area contributed by atoms with Gasteiger partial charge < -0.3 is 4.90 Å². The normalized spacial score (nSPS) is 26.4. The van der Waals surface area contributed by atoms with Gasteiger partial charge in [-0.15, -0.1) is 0 Å². The maximum absolute atomic E-state index is 13.9. The first-order chi connectivity index (χ1) is 11.7. The van der Waals surface area contributed by atoms with E-state index in [2.05, 4.69) is 4.99 Å². The summed E-state index contributed by atoms with van der Waals surface area (Å²) in [6, 6.07) is 3.92. The molecule has 0 unspecified atom stereocenters. The third-order valence-corrected chi connectivity index (χ3v) is 7.57. The molecular formula is C16H18ClFN2O3S2. The summed E-state index contributed by atoms with van der Waals surface area (Å²) in [5.41, 5.74) is 0.454. The molecule has 0 bridgehead atoms. The molecule has 2 aliphatic rings. The molecule has 25 heavy (non-hydrogen) atoms. The first-order valence-corrected chi connectivity index (χ1v) is 11.0. The Balaban J connectivity index is 1.99. The lowest BCUT2D eigenvalue weighted by atomic mass is 10.1. The van der Waals surface area contributed by atoms with Gasteiger partial charge in [0.15, 0.2) is 15.0 Å². The molecule has 2 aliphatic heterocycles. The number of halogens is 2. The van der Waals surface area contributed by atoms with Gasteiger partial charge in [-0.05, 0) is 24.1 Å². The molecule has 2 saturated heterocycles. The Morgan fingerprint density at radius 3 is 2.80 bits per heavy atom. The minimum Gasteiger partial charge on any atom is -0.315 e. The number of rotatable bonds is 3. The number of benzene rings is 1. The lowest BCUT2D eigenvalue weighted by Gasteiger charge is -2.24. The summed E-state index contributed by atoms with van der Waals surface area (Å²) in [6.07, 6.45) is 0.306. The zero-order chi connectivity index (χ0) is 18.4. The fraction of sp³-hybridized carbons (Fsp3) is 0.500. The van der Waals surface area contributed by atoms with E-state index in [-0.39, 0.29) is 39.6 Å². The highest BCUT2D eigenvalue weighted by Gasteiger charge is 2.49. The molecule has 2 fully saturated rings. The summed E-state index contributed by atoms with van der Waals surface area (Å²) in [5.74, 6) is -0.691. The average Bonchev–Trinajstić information content (AvgIpc) is 2.92. The van der Waals surface area contributed by atoms with Gasteiger partial charge in [0, 0.05) is 17.4 Å². The maximum Gasteiger partial charge on any atom is 0.248 e. The number of amides is 1. The van der Waals surface area contributed by atoms with Crippen LogP contribution in [-0.2, 0) is 14.6 Å². The van der Waals surface area contributed by atoms with Gasteiger partial charge >= 0.3 is 0 Å². The highest BCUT2D eigenvalue weighted by molar-refractivity contribution is 8.16. The standard InChI is InChI=1S/C16H18ClFN2O3S2/c1-9(2)5-15(21)19-16-20(10-3-4-11(17)12(18)6-10)13-7-25(22,23)8-14(13)24-16/h3-4,6,9,13-14H,5,7-8H2,1-2H3/t13-,14+/m1/s1. The van der Waals surface area contributed by atoms with Crippen molar-refractivity contribution < 1.29 is 17.6 Å². The Kier molecular flexibility index (Phi) is 5.14. The molecule has 0 radical (unpaired) electrons. The van der Waals surface area contributed by atoms with Crippen LogP contribution in [0, 0.1) is 11.7 Å². The van der Waals surface area contributed by atoms with E-state index in [1.807, 2.05) is 13.8 Å². The monoisotopic (exact) mass is 404 g/mol. The van der Waals surface area contributed by atoms with Crippen LogP contribution in [-0.4, -0.2) is 42.3 Å². The van der Waals surface area contributed by atoms with E-state index in [9.17, 15) is 17.6 Å². The van der Waals surface area contributed by atoms with Gasteiger partial charge in [-0.25, -0.2) is 12.8 Å². The molecule has 0 N–H and O–H groups in total. The third-order valence-electron chi connectivity index (χ3n) is 4.05. The number of sulfone groups is 1. The maximum atomic E-state index is 13.9. The van der Waals surface area contributed by atoms with Crippen LogP contribution in [0.5, 0.6) is 0 Å². The molecule has 9 heteroatoms. The van der Waals surface area contributed by atoms with Crippen LogP contribution in [0.2, 0.25) is 5.02 Å². The fourth-order valence-electron chi connectivity index (χ4n) is 3.00. The molecule has 2 heterocycles. The molecule has 1 amide bonds. The van der Waals surface area contributed by atoms with E-state index >= 15 is 0 Å². The van der Waals surface area contributed by atoms with E-state index in [4.69, 9.17) is 11.6 Å². The second-order valence-corrected chi connectivity index (χ2v) is 10.4. The van der Waals surface area contributed by atoms with E-state index < -0.39 is 15.7 Å². The Morgan fingerprint density at radius 1 is 1.44 bits per heavy atom. The second-order valence-electron chi connectivity index (χ2n) is 6.66. The Morgan fingerprint density at radius 2 is 2.16 bits per heavy atom. The van der Waals surface area contributed by atoms with Crippen LogP contribution in [0.1, 0.15) is 20.3 Å². The summed E-state index contributed by atoms with van der Waals surface area (Å²) in [4.78, 5) is 18.0. The largest absolute Gasteiger partial charge is 0.315 e. The third kappa shape index (κ3) is 4.01. The number of anilines is 1. The van der Waals surface area contributed by atoms with E-state index in [0.29, 0.717) is 17.3 Å². The van der Waals surface area contributed by atoms with Gasteiger partial charge in [-0.1, -0.05) is 37.2 Å². The van der Waals surface area contributed by atoms with Gasteiger partial charge in [0.25, 0.3) is 0 Å². The van der Waals surface area contributed by atoms with E-state index in [1.165, 1.54) is 23.9 Å². The molecule has 0 aromatic heterocycles. The highest BCUT2D eigenvalue weighted by Crippen LogP contribution is 2.41. The fourth-order valence-corrected chi connectivity index (χ4v) is 7.05. The van der Waals surface area contributed by atoms with Crippen molar-refractivity contribution in [2.45, 2.75) is 31.6 Å². The van der Waals surface area contributed by atoms with Crippen LogP contribution >= 0.6 is 23.4 Å². The number of carbonyl (C=O) groups is 1. The van der Waals surface area contributed by atoms with Crippen LogP contribution in [0.4, 0.5) is 10.1 Å². The summed E-state index contributed by atoms with van der Waals surface area (Å²) in [6.45, 7) is 3.85. The molecule has 2 atom stereocenters. The number of fused-ring (bicyclic) bond motifs is 1. The zero-order valence-corrected chi connectivity index (χ0v) is 16.2. The first-order valence-electron chi connectivity index (χ1n) is 7.89. The van der Waals surface area contributed by atoms with Crippen LogP contribution < -0.4 is 4.90 Å². The zero-order valence-electron chi connectivity index (χ0n) is 13.8. The quantitative estimate of drug-likeness (QED) is 0.774. The summed E-state index contributed by atoms with van der Waals surface area (Å²) in [5, 5.41) is 0.201. The topological polar surface area (TPSA) is 66.8 Å². The second kappa shape index (κ2) is 6.89. The van der Waals surface area contributed by atoms with Gasteiger partial charge in [0.2, 0.25) is 5.91 Å². The van der Waals surface area contributed by atoms with Crippen LogP contribution in [0.15, 0.2) is 23.2 Å². The Hall–Kier alpha value is -1.12. The number of nitrogens with zero attached hydrogens (tertiary/aromatic N) is 2. The van der Waals surface area contributed by atoms with Crippen molar-refractivity contribution in [3.8, 4) is 0 Å². The number of hydrogen-bond acceptors (Lipinski definition) is 4. The average molecular weight is 405 g/mol. The molecule has 0 saturated carbocycles. The molecular weight excluding hydrogens is 387 g/mol. The Bertz CT molecular complexity index is 842. The molecule has 3 rings (SSSR count). The SMILES string of the molecule is CC(C)CC(=O)N=C1S[C@H]2CS(=O)(=O)C[C@H]2N1c1ccc(Cl)c(F)c1. The van der Waals surface area contributed by atoms with Gasteiger partial charge in [0.05, 0.1) is 22.6 Å². The number of hydrogen-bond donors (Lipinski definition) is 0. The number of carbonyl (C=O) groups excluding carboxylic acids is 1. The smallest absolute Gasteiger partial charge is 0.248 e. The first kappa shape index (κ1) is 18.7.